The monoisotopic (exact) mass is 523 g/mol. The van der Waals surface area contributed by atoms with E-state index in [-0.39, 0.29) is 29.9 Å². The third-order valence-corrected chi connectivity index (χ3v) is 5.65. The summed E-state index contributed by atoms with van der Waals surface area (Å²) in [6.45, 7) is 12.3. The molecule has 9 heteroatoms. The van der Waals surface area contributed by atoms with Crippen molar-refractivity contribution in [1.29, 1.82) is 0 Å². The van der Waals surface area contributed by atoms with E-state index in [0.29, 0.717) is 18.6 Å². The summed E-state index contributed by atoms with van der Waals surface area (Å²) in [6.07, 6.45) is 3.06. The van der Waals surface area contributed by atoms with Gasteiger partial charge in [-0.25, -0.2) is 0 Å². The molecule has 3 N–H and O–H groups in total. The van der Waals surface area contributed by atoms with Crippen LogP contribution in [0.25, 0.3) is 0 Å². The van der Waals surface area contributed by atoms with Crippen LogP contribution in [-0.4, -0.2) is 112 Å². The first kappa shape index (κ1) is 26.4. The van der Waals surface area contributed by atoms with Crippen LogP contribution < -0.4 is 16.0 Å². The minimum absolute atomic E-state index is 0. The van der Waals surface area contributed by atoms with Gasteiger partial charge in [-0.2, -0.15) is 0 Å². The Morgan fingerprint density at radius 1 is 1.07 bits per heavy atom. The minimum atomic E-state index is 0. The first-order valence-electron chi connectivity index (χ1n) is 10.9. The molecular formula is C20H42IN7O. The van der Waals surface area contributed by atoms with Crippen molar-refractivity contribution in [2.24, 2.45) is 4.99 Å². The molecule has 2 aliphatic heterocycles. The quantitative estimate of drug-likeness (QED) is 0.243. The molecule has 0 spiro atoms. The largest absolute Gasteiger partial charge is 0.357 e. The number of halogens is 1. The standard InChI is InChI=1S/C20H41N7O.HI/c1-5-9-22-19(28)16-27-10-7-17(8-11-27)24-20(21-6-2)23-14-18-15-25(3)12-13-26(18)4;/h17-18H,5-16H2,1-4H3,(H,22,28)(H2,21,23,24);1H. The van der Waals surface area contributed by atoms with Crippen molar-refractivity contribution in [2.75, 3.05) is 73.0 Å². The van der Waals surface area contributed by atoms with Crippen LogP contribution in [0.5, 0.6) is 0 Å². The van der Waals surface area contributed by atoms with Crippen molar-refractivity contribution in [3.8, 4) is 0 Å². The molecule has 0 aromatic carbocycles. The van der Waals surface area contributed by atoms with Gasteiger partial charge in [0.2, 0.25) is 5.91 Å². The molecule has 1 unspecified atom stereocenters. The zero-order valence-electron chi connectivity index (χ0n) is 18.7. The fourth-order valence-electron chi connectivity index (χ4n) is 3.77. The lowest BCUT2D eigenvalue weighted by Crippen LogP contribution is -2.52. The molecule has 8 nitrogen and oxygen atoms in total. The predicted molar refractivity (Wildman–Crippen MR) is 131 cm³/mol. The highest BCUT2D eigenvalue weighted by atomic mass is 127. The summed E-state index contributed by atoms with van der Waals surface area (Å²) < 4.78 is 0. The molecule has 0 aromatic rings. The lowest BCUT2D eigenvalue weighted by atomic mass is 10.1. The molecule has 2 aliphatic rings. The number of hydrogen-bond acceptors (Lipinski definition) is 5. The molecule has 1 atom stereocenters. The molecule has 0 radical (unpaired) electrons. The number of hydrogen-bond donors (Lipinski definition) is 3. The molecule has 0 bridgehead atoms. The van der Waals surface area contributed by atoms with Gasteiger partial charge in [-0.1, -0.05) is 6.92 Å². The molecule has 2 rings (SSSR count). The molecule has 2 fully saturated rings. The molecule has 2 heterocycles. The summed E-state index contributed by atoms with van der Waals surface area (Å²) >= 11 is 0. The normalized spacial score (nSPS) is 22.8. The number of rotatable bonds is 8. The zero-order valence-corrected chi connectivity index (χ0v) is 21.1. The maximum absolute atomic E-state index is 11.9. The van der Waals surface area contributed by atoms with Crippen LogP contribution in [0.4, 0.5) is 0 Å². The van der Waals surface area contributed by atoms with Crippen LogP contribution in [0.15, 0.2) is 4.99 Å². The maximum Gasteiger partial charge on any atom is 0.234 e. The van der Waals surface area contributed by atoms with Crippen LogP contribution in [-0.2, 0) is 4.79 Å². The van der Waals surface area contributed by atoms with Gasteiger partial charge in [0.1, 0.15) is 0 Å². The highest BCUT2D eigenvalue weighted by molar-refractivity contribution is 14.0. The molecule has 170 valence electrons. The van der Waals surface area contributed by atoms with Crippen LogP contribution >= 0.6 is 24.0 Å². The van der Waals surface area contributed by atoms with E-state index in [1.165, 1.54) is 0 Å². The van der Waals surface area contributed by atoms with Crippen molar-refractivity contribution >= 4 is 35.8 Å². The number of nitrogens with one attached hydrogen (secondary N) is 3. The van der Waals surface area contributed by atoms with Gasteiger partial charge in [-0.3, -0.25) is 19.6 Å². The number of likely N-dealkylation sites (N-methyl/N-ethyl adjacent to an activating group) is 2. The van der Waals surface area contributed by atoms with Crippen molar-refractivity contribution in [3.63, 3.8) is 0 Å². The number of nitrogens with zero attached hydrogens (tertiary/aromatic N) is 4. The van der Waals surface area contributed by atoms with E-state index >= 15 is 0 Å². The molecular weight excluding hydrogens is 481 g/mol. The fraction of sp³-hybridized carbons (Fsp3) is 0.900. The van der Waals surface area contributed by atoms with Crippen LogP contribution in [0, 0.1) is 0 Å². The van der Waals surface area contributed by atoms with E-state index in [4.69, 9.17) is 4.99 Å². The van der Waals surface area contributed by atoms with Gasteiger partial charge in [0.15, 0.2) is 5.96 Å². The number of piperazine rings is 1. The average Bonchev–Trinajstić information content (AvgIpc) is 2.68. The maximum atomic E-state index is 11.9. The molecule has 1 amide bonds. The van der Waals surface area contributed by atoms with E-state index in [2.05, 4.69) is 58.6 Å². The first-order valence-corrected chi connectivity index (χ1v) is 10.9. The molecule has 2 saturated heterocycles. The molecule has 0 aliphatic carbocycles. The number of piperidine rings is 1. The Morgan fingerprint density at radius 3 is 2.45 bits per heavy atom. The number of likely N-dealkylation sites (tertiary alicyclic amines) is 1. The van der Waals surface area contributed by atoms with Crippen molar-refractivity contribution in [1.82, 2.24) is 30.7 Å². The van der Waals surface area contributed by atoms with Gasteiger partial charge in [0.25, 0.3) is 0 Å². The number of aliphatic imine (C=N–C) groups is 1. The summed E-state index contributed by atoms with van der Waals surface area (Å²) in [5.41, 5.74) is 0. The first-order chi connectivity index (χ1) is 13.5. The van der Waals surface area contributed by atoms with E-state index in [1.807, 2.05) is 0 Å². The third kappa shape index (κ3) is 9.80. The van der Waals surface area contributed by atoms with Gasteiger partial charge < -0.3 is 20.9 Å². The summed E-state index contributed by atoms with van der Waals surface area (Å²) in [5, 5.41) is 9.96. The zero-order chi connectivity index (χ0) is 20.4. The number of carbonyl (C=O) groups excluding carboxylic acids is 1. The molecule has 0 saturated carbocycles. The van der Waals surface area contributed by atoms with Gasteiger partial charge in [-0.15, -0.1) is 24.0 Å². The molecule has 0 aromatic heterocycles. The predicted octanol–water partition coefficient (Wildman–Crippen LogP) is 0.396. The summed E-state index contributed by atoms with van der Waals surface area (Å²) in [6, 6.07) is 0.886. The van der Waals surface area contributed by atoms with Crippen LogP contribution in [0.1, 0.15) is 33.1 Å². The Bertz CT molecular complexity index is 497. The van der Waals surface area contributed by atoms with Gasteiger partial charge in [-0.05, 0) is 40.3 Å². The summed E-state index contributed by atoms with van der Waals surface area (Å²) in [7, 11) is 4.38. The highest BCUT2D eigenvalue weighted by Crippen LogP contribution is 2.10. The average molecular weight is 524 g/mol. The third-order valence-electron chi connectivity index (χ3n) is 5.65. The van der Waals surface area contributed by atoms with Gasteiger partial charge in [0, 0.05) is 57.9 Å². The second kappa shape index (κ2) is 14.4. The number of carbonyl (C=O) groups is 1. The van der Waals surface area contributed by atoms with Crippen molar-refractivity contribution in [2.45, 2.75) is 45.2 Å². The van der Waals surface area contributed by atoms with Gasteiger partial charge >= 0.3 is 0 Å². The fourth-order valence-corrected chi connectivity index (χ4v) is 3.77. The Morgan fingerprint density at radius 2 is 1.79 bits per heavy atom. The van der Waals surface area contributed by atoms with E-state index in [1.54, 1.807) is 0 Å². The molecule has 29 heavy (non-hydrogen) atoms. The van der Waals surface area contributed by atoms with Crippen molar-refractivity contribution < 1.29 is 4.79 Å². The van der Waals surface area contributed by atoms with Gasteiger partial charge in [0.05, 0.1) is 13.1 Å². The summed E-state index contributed by atoms with van der Waals surface area (Å²) in [5.74, 6) is 1.06. The highest BCUT2D eigenvalue weighted by Gasteiger charge is 2.23. The summed E-state index contributed by atoms with van der Waals surface area (Å²) in [4.78, 5) is 23.8. The Labute approximate surface area is 194 Å². The van der Waals surface area contributed by atoms with Crippen LogP contribution in [0.3, 0.4) is 0 Å². The van der Waals surface area contributed by atoms with E-state index < -0.39 is 0 Å². The Balaban J connectivity index is 0.00000420. The second-order valence-electron chi connectivity index (χ2n) is 8.16. The Kier molecular flexibility index (Phi) is 13.1. The lowest BCUT2D eigenvalue weighted by molar-refractivity contribution is -0.122. The number of guanidine groups is 1. The SMILES string of the molecule is CCCNC(=O)CN1CCC(NC(=NCC2CN(C)CCN2C)NCC)CC1.I. The minimum Gasteiger partial charge on any atom is -0.357 e. The van der Waals surface area contributed by atoms with Crippen molar-refractivity contribution in [3.05, 3.63) is 0 Å². The Hall–Kier alpha value is -0.650. The lowest BCUT2D eigenvalue weighted by Gasteiger charge is -2.37. The van der Waals surface area contributed by atoms with E-state index in [0.717, 1.165) is 77.6 Å². The van der Waals surface area contributed by atoms with E-state index in [9.17, 15) is 4.79 Å². The topological polar surface area (TPSA) is 75.2 Å². The second-order valence-corrected chi connectivity index (χ2v) is 8.16. The smallest absolute Gasteiger partial charge is 0.234 e. The number of amides is 1. The van der Waals surface area contributed by atoms with Crippen LogP contribution in [0.2, 0.25) is 0 Å².